The molecule has 9 heteroatoms. The molecule has 0 fully saturated rings. The minimum Gasteiger partial charge on any atom is -0.350 e. The highest BCUT2D eigenvalue weighted by molar-refractivity contribution is 6.30. The fourth-order valence-corrected chi connectivity index (χ4v) is 2.70. The first kappa shape index (κ1) is 19.6. The molecule has 8 nitrogen and oxygen atoms in total. The summed E-state index contributed by atoms with van der Waals surface area (Å²) in [6.07, 6.45) is 1.44. The lowest BCUT2D eigenvalue weighted by Gasteiger charge is -2.10. The van der Waals surface area contributed by atoms with Gasteiger partial charge in [0.15, 0.2) is 0 Å². The predicted molar refractivity (Wildman–Crippen MR) is 107 cm³/mol. The van der Waals surface area contributed by atoms with Crippen molar-refractivity contribution in [3.05, 3.63) is 52.9 Å². The van der Waals surface area contributed by atoms with Crippen LogP contribution in [0.2, 0.25) is 5.02 Å². The lowest BCUT2D eigenvalue weighted by Crippen LogP contribution is -2.30. The van der Waals surface area contributed by atoms with Gasteiger partial charge in [0, 0.05) is 24.2 Å². The number of halogens is 1. The molecule has 0 aliphatic rings. The summed E-state index contributed by atoms with van der Waals surface area (Å²) in [5.74, 6) is -0.402. The molecule has 2 aromatic heterocycles. The second kappa shape index (κ2) is 8.26. The Balaban J connectivity index is 1.75. The van der Waals surface area contributed by atoms with Gasteiger partial charge < -0.3 is 10.6 Å². The third kappa shape index (κ3) is 4.40. The molecular formula is C19H21ClN6O2. The van der Waals surface area contributed by atoms with Gasteiger partial charge in [-0.1, -0.05) is 37.6 Å². The molecule has 3 rings (SSSR count). The molecular weight excluding hydrogens is 380 g/mol. The van der Waals surface area contributed by atoms with Gasteiger partial charge in [0.05, 0.1) is 17.6 Å². The molecule has 28 heavy (non-hydrogen) atoms. The minimum absolute atomic E-state index is 0.266. The first-order valence-electron chi connectivity index (χ1n) is 8.78. The number of benzene rings is 1. The summed E-state index contributed by atoms with van der Waals surface area (Å²) in [4.78, 5) is 25.0. The Kier molecular flexibility index (Phi) is 5.79. The van der Waals surface area contributed by atoms with Crippen LogP contribution in [0, 0.1) is 5.92 Å². The van der Waals surface area contributed by atoms with E-state index in [2.05, 4.69) is 25.9 Å². The highest BCUT2D eigenvalue weighted by Crippen LogP contribution is 2.21. The van der Waals surface area contributed by atoms with Crippen molar-refractivity contribution in [2.24, 2.45) is 13.0 Å². The van der Waals surface area contributed by atoms with Gasteiger partial charge in [-0.05, 0) is 24.1 Å². The van der Waals surface area contributed by atoms with Gasteiger partial charge in [-0.3, -0.25) is 19.4 Å². The van der Waals surface area contributed by atoms with Crippen LogP contribution in [0.4, 0.5) is 5.69 Å². The molecule has 1 aromatic carbocycles. The Labute approximate surface area is 167 Å². The van der Waals surface area contributed by atoms with Crippen molar-refractivity contribution in [3.63, 3.8) is 0 Å². The van der Waals surface area contributed by atoms with Gasteiger partial charge >= 0.3 is 0 Å². The van der Waals surface area contributed by atoms with Crippen molar-refractivity contribution < 1.29 is 9.59 Å². The van der Waals surface area contributed by atoms with E-state index in [1.807, 2.05) is 26.0 Å². The normalized spacial score (nSPS) is 10.9. The van der Waals surface area contributed by atoms with Crippen LogP contribution < -0.4 is 10.6 Å². The standard InChI is InChI=1S/C19H21ClN6O2/c1-11(2)9-21-19(28)17-16(10-22-26(17)3)23-18(27)15-8-14(24-25-15)12-4-6-13(20)7-5-12/h4-8,10-11H,9H2,1-3H3,(H,21,28)(H,23,27)(H,24,25). The first-order chi connectivity index (χ1) is 13.3. The molecule has 3 N–H and O–H groups in total. The van der Waals surface area contributed by atoms with Crippen LogP contribution in [-0.2, 0) is 7.05 Å². The van der Waals surface area contributed by atoms with E-state index in [0.29, 0.717) is 28.9 Å². The van der Waals surface area contributed by atoms with E-state index < -0.39 is 5.91 Å². The molecule has 0 aliphatic heterocycles. The summed E-state index contributed by atoms with van der Waals surface area (Å²) in [6, 6.07) is 8.77. The maximum Gasteiger partial charge on any atom is 0.273 e. The molecule has 2 amide bonds. The van der Waals surface area contributed by atoms with Gasteiger partial charge in [-0.15, -0.1) is 0 Å². The number of aromatic nitrogens is 4. The molecule has 0 aliphatic carbocycles. The molecule has 3 aromatic rings. The summed E-state index contributed by atoms with van der Waals surface area (Å²) in [7, 11) is 1.65. The number of H-pyrrole nitrogens is 1. The average Bonchev–Trinajstić information content (AvgIpc) is 3.28. The van der Waals surface area contributed by atoms with E-state index in [1.54, 1.807) is 25.2 Å². The zero-order valence-corrected chi connectivity index (χ0v) is 16.5. The fourth-order valence-electron chi connectivity index (χ4n) is 2.58. The molecule has 2 heterocycles. The molecule has 146 valence electrons. The van der Waals surface area contributed by atoms with Gasteiger partial charge in [0.2, 0.25) is 0 Å². The average molecular weight is 401 g/mol. The van der Waals surface area contributed by atoms with Crippen LogP contribution in [0.3, 0.4) is 0 Å². The Bertz CT molecular complexity index is 990. The highest BCUT2D eigenvalue weighted by atomic mass is 35.5. The number of amides is 2. The summed E-state index contributed by atoms with van der Waals surface area (Å²) in [6.45, 7) is 4.54. The first-order valence-corrected chi connectivity index (χ1v) is 9.16. The lowest BCUT2D eigenvalue weighted by molar-refractivity contribution is 0.0940. The SMILES string of the molecule is CC(C)CNC(=O)c1c(NC(=O)c2cc(-c3ccc(Cl)cc3)n[nH]2)cnn1C. The van der Waals surface area contributed by atoms with Crippen molar-refractivity contribution in [1.82, 2.24) is 25.3 Å². The molecule has 0 atom stereocenters. The molecule has 0 bridgehead atoms. The largest absolute Gasteiger partial charge is 0.350 e. The lowest BCUT2D eigenvalue weighted by atomic mass is 10.1. The minimum atomic E-state index is -0.418. The molecule has 0 radical (unpaired) electrons. The van der Waals surface area contributed by atoms with E-state index >= 15 is 0 Å². The number of rotatable bonds is 6. The highest BCUT2D eigenvalue weighted by Gasteiger charge is 2.20. The van der Waals surface area contributed by atoms with Gasteiger partial charge in [-0.2, -0.15) is 10.2 Å². The second-order valence-corrected chi connectivity index (χ2v) is 7.20. The predicted octanol–water partition coefficient (Wildman–Crippen LogP) is 3.10. The van der Waals surface area contributed by atoms with E-state index in [4.69, 9.17) is 11.6 Å². The van der Waals surface area contributed by atoms with Gasteiger partial charge in [0.25, 0.3) is 11.8 Å². The Morgan fingerprint density at radius 3 is 2.61 bits per heavy atom. The number of carbonyl (C=O) groups is 2. The van der Waals surface area contributed by atoms with Crippen molar-refractivity contribution >= 4 is 29.1 Å². The van der Waals surface area contributed by atoms with Crippen LogP contribution in [0.1, 0.15) is 34.8 Å². The van der Waals surface area contributed by atoms with E-state index in [0.717, 1.165) is 5.56 Å². The number of nitrogens with one attached hydrogen (secondary N) is 3. The van der Waals surface area contributed by atoms with Gasteiger partial charge in [0.1, 0.15) is 11.4 Å². The number of hydrogen-bond acceptors (Lipinski definition) is 4. The Morgan fingerprint density at radius 1 is 1.21 bits per heavy atom. The molecule has 0 saturated heterocycles. The smallest absolute Gasteiger partial charge is 0.273 e. The zero-order chi connectivity index (χ0) is 20.3. The van der Waals surface area contributed by atoms with E-state index in [9.17, 15) is 9.59 Å². The quantitative estimate of drug-likeness (QED) is 0.591. The van der Waals surface area contributed by atoms with Crippen molar-refractivity contribution in [2.45, 2.75) is 13.8 Å². The molecule has 0 saturated carbocycles. The maximum absolute atomic E-state index is 12.6. The topological polar surface area (TPSA) is 105 Å². The fraction of sp³-hybridized carbons (Fsp3) is 0.263. The Hall–Kier alpha value is -3.13. The maximum atomic E-state index is 12.6. The number of nitrogens with zero attached hydrogens (tertiary/aromatic N) is 3. The summed E-state index contributed by atoms with van der Waals surface area (Å²) < 4.78 is 1.43. The monoisotopic (exact) mass is 400 g/mol. The van der Waals surface area contributed by atoms with Crippen LogP contribution >= 0.6 is 11.6 Å². The van der Waals surface area contributed by atoms with Crippen LogP contribution in [-0.4, -0.2) is 38.3 Å². The van der Waals surface area contributed by atoms with E-state index in [1.165, 1.54) is 10.9 Å². The Morgan fingerprint density at radius 2 is 1.93 bits per heavy atom. The molecule has 0 unspecified atom stereocenters. The van der Waals surface area contributed by atoms with Crippen molar-refractivity contribution in [2.75, 3.05) is 11.9 Å². The van der Waals surface area contributed by atoms with Crippen molar-refractivity contribution in [1.29, 1.82) is 0 Å². The summed E-state index contributed by atoms with van der Waals surface area (Å²) in [5.41, 5.74) is 2.32. The summed E-state index contributed by atoms with van der Waals surface area (Å²) >= 11 is 5.89. The second-order valence-electron chi connectivity index (χ2n) is 6.76. The number of aromatic amines is 1. The van der Waals surface area contributed by atoms with E-state index in [-0.39, 0.29) is 17.3 Å². The van der Waals surface area contributed by atoms with Crippen LogP contribution in [0.15, 0.2) is 36.5 Å². The number of aryl methyl sites for hydroxylation is 1. The number of carbonyl (C=O) groups excluding carboxylic acids is 2. The summed E-state index contributed by atoms with van der Waals surface area (Å²) in [5, 5.41) is 17.1. The zero-order valence-electron chi connectivity index (χ0n) is 15.8. The number of anilines is 1. The van der Waals surface area contributed by atoms with Crippen LogP contribution in [0.5, 0.6) is 0 Å². The van der Waals surface area contributed by atoms with Crippen LogP contribution in [0.25, 0.3) is 11.3 Å². The number of hydrogen-bond donors (Lipinski definition) is 3. The molecule has 0 spiro atoms. The van der Waals surface area contributed by atoms with Crippen molar-refractivity contribution in [3.8, 4) is 11.3 Å². The third-order valence-electron chi connectivity index (χ3n) is 4.04. The third-order valence-corrected chi connectivity index (χ3v) is 4.29. The van der Waals surface area contributed by atoms with Gasteiger partial charge in [-0.25, -0.2) is 0 Å².